The molecular formula is C18H23N5O. The fourth-order valence-electron chi connectivity index (χ4n) is 3.44. The fraction of sp³-hybridized carbons (Fsp3) is 0.444. The van der Waals surface area contributed by atoms with Crippen molar-refractivity contribution in [1.29, 1.82) is 0 Å². The molecule has 1 aliphatic rings. The summed E-state index contributed by atoms with van der Waals surface area (Å²) in [6.45, 7) is 1.45. The van der Waals surface area contributed by atoms with Crippen LogP contribution in [0.15, 0.2) is 42.9 Å². The number of carbonyl (C=O) groups is 1. The molecule has 0 unspecified atom stereocenters. The van der Waals surface area contributed by atoms with Crippen LogP contribution >= 0.6 is 0 Å². The first-order valence-corrected chi connectivity index (χ1v) is 8.41. The van der Waals surface area contributed by atoms with Gasteiger partial charge in [0.1, 0.15) is 0 Å². The summed E-state index contributed by atoms with van der Waals surface area (Å²) in [6, 6.07) is 7.71. The maximum absolute atomic E-state index is 12.2. The molecule has 1 amide bonds. The predicted octanol–water partition coefficient (Wildman–Crippen LogP) is 1.97. The Kier molecular flexibility index (Phi) is 5.03. The number of primary amides is 1. The summed E-state index contributed by atoms with van der Waals surface area (Å²) in [5, 5.41) is 0. The van der Waals surface area contributed by atoms with Gasteiger partial charge >= 0.3 is 0 Å². The standard InChI is InChI=1S/C18H23N5O/c19-16(24)18(8-3-7-15-6-1-2-10-20-15)9-4-13-23(14-18)17-21-11-5-12-22-17/h1-2,5-6,10-12H,3-4,7-9,13-14H2,(H2,19,24)/t18-/m1/s1. The first-order valence-electron chi connectivity index (χ1n) is 8.41. The summed E-state index contributed by atoms with van der Waals surface area (Å²) in [5.74, 6) is 0.455. The van der Waals surface area contributed by atoms with Crippen LogP contribution in [0.5, 0.6) is 0 Å². The van der Waals surface area contributed by atoms with Gasteiger partial charge in [0.15, 0.2) is 0 Å². The smallest absolute Gasteiger partial charge is 0.225 e. The highest BCUT2D eigenvalue weighted by Gasteiger charge is 2.40. The second-order valence-corrected chi connectivity index (χ2v) is 6.39. The van der Waals surface area contributed by atoms with Gasteiger partial charge in [0.25, 0.3) is 0 Å². The number of pyridine rings is 1. The zero-order valence-corrected chi connectivity index (χ0v) is 13.8. The number of hydrogen-bond donors (Lipinski definition) is 1. The lowest BCUT2D eigenvalue weighted by molar-refractivity contribution is -0.128. The summed E-state index contributed by atoms with van der Waals surface area (Å²) in [6.07, 6.45) is 9.52. The molecule has 2 N–H and O–H groups in total. The quantitative estimate of drug-likeness (QED) is 0.877. The highest BCUT2D eigenvalue weighted by atomic mass is 16.1. The van der Waals surface area contributed by atoms with E-state index in [4.69, 9.17) is 5.73 Å². The maximum atomic E-state index is 12.2. The van der Waals surface area contributed by atoms with E-state index >= 15 is 0 Å². The highest BCUT2D eigenvalue weighted by Crippen LogP contribution is 2.36. The second kappa shape index (κ2) is 7.38. The third-order valence-electron chi connectivity index (χ3n) is 4.75. The molecule has 0 saturated carbocycles. The number of rotatable bonds is 6. The third kappa shape index (κ3) is 3.69. The van der Waals surface area contributed by atoms with E-state index in [1.807, 2.05) is 18.2 Å². The average molecular weight is 325 g/mol. The third-order valence-corrected chi connectivity index (χ3v) is 4.75. The zero-order chi connectivity index (χ0) is 16.8. The topological polar surface area (TPSA) is 85.0 Å². The van der Waals surface area contributed by atoms with E-state index in [0.29, 0.717) is 12.5 Å². The van der Waals surface area contributed by atoms with E-state index in [-0.39, 0.29) is 5.91 Å². The van der Waals surface area contributed by atoms with Crippen molar-refractivity contribution >= 4 is 11.9 Å². The van der Waals surface area contributed by atoms with Crippen LogP contribution in [0, 0.1) is 5.41 Å². The number of piperidine rings is 1. The Balaban J connectivity index is 1.67. The fourth-order valence-corrected chi connectivity index (χ4v) is 3.44. The van der Waals surface area contributed by atoms with Crippen molar-refractivity contribution in [3.8, 4) is 0 Å². The van der Waals surface area contributed by atoms with E-state index in [0.717, 1.165) is 44.3 Å². The molecule has 0 aromatic carbocycles. The van der Waals surface area contributed by atoms with Crippen LogP contribution in [0.2, 0.25) is 0 Å². The summed E-state index contributed by atoms with van der Waals surface area (Å²) in [4.78, 5) is 27.3. The summed E-state index contributed by atoms with van der Waals surface area (Å²) in [5.41, 5.74) is 6.34. The van der Waals surface area contributed by atoms with Gasteiger partial charge in [0, 0.05) is 37.4 Å². The van der Waals surface area contributed by atoms with Crippen LogP contribution in [0.4, 0.5) is 5.95 Å². The van der Waals surface area contributed by atoms with Crippen molar-refractivity contribution < 1.29 is 4.79 Å². The van der Waals surface area contributed by atoms with Gasteiger partial charge in [0.05, 0.1) is 5.41 Å². The lowest BCUT2D eigenvalue weighted by Gasteiger charge is -2.40. The van der Waals surface area contributed by atoms with Crippen LogP contribution < -0.4 is 10.6 Å². The molecule has 24 heavy (non-hydrogen) atoms. The predicted molar refractivity (Wildman–Crippen MR) is 92.3 cm³/mol. The minimum atomic E-state index is -0.508. The molecule has 6 heteroatoms. The number of carbonyl (C=O) groups excluding carboxylic acids is 1. The number of aromatic nitrogens is 3. The summed E-state index contributed by atoms with van der Waals surface area (Å²) in [7, 11) is 0. The molecule has 1 fully saturated rings. The summed E-state index contributed by atoms with van der Waals surface area (Å²) >= 11 is 0. The van der Waals surface area contributed by atoms with E-state index < -0.39 is 5.41 Å². The second-order valence-electron chi connectivity index (χ2n) is 6.39. The van der Waals surface area contributed by atoms with Gasteiger partial charge in [-0.15, -0.1) is 0 Å². The van der Waals surface area contributed by atoms with Gasteiger partial charge in [-0.3, -0.25) is 9.78 Å². The van der Waals surface area contributed by atoms with Crippen molar-refractivity contribution in [3.63, 3.8) is 0 Å². The number of anilines is 1. The molecule has 126 valence electrons. The molecule has 1 saturated heterocycles. The Morgan fingerprint density at radius 3 is 2.67 bits per heavy atom. The summed E-state index contributed by atoms with van der Waals surface area (Å²) < 4.78 is 0. The van der Waals surface area contributed by atoms with Gasteiger partial charge < -0.3 is 10.6 Å². The van der Waals surface area contributed by atoms with Crippen molar-refractivity contribution in [3.05, 3.63) is 48.5 Å². The first-order chi connectivity index (χ1) is 11.7. The Morgan fingerprint density at radius 2 is 1.96 bits per heavy atom. The van der Waals surface area contributed by atoms with Crippen molar-refractivity contribution in [2.24, 2.45) is 11.1 Å². The molecule has 0 spiro atoms. The molecule has 1 aliphatic heterocycles. The zero-order valence-electron chi connectivity index (χ0n) is 13.8. The Morgan fingerprint density at radius 1 is 1.17 bits per heavy atom. The first kappa shape index (κ1) is 16.4. The molecule has 3 rings (SSSR count). The molecule has 0 bridgehead atoms. The Labute approximate surface area is 142 Å². The van der Waals surface area contributed by atoms with Crippen molar-refractivity contribution in [2.45, 2.75) is 32.1 Å². The minimum Gasteiger partial charge on any atom is -0.369 e. The lowest BCUT2D eigenvalue weighted by atomic mass is 9.75. The van der Waals surface area contributed by atoms with Gasteiger partial charge in [-0.25, -0.2) is 9.97 Å². The van der Waals surface area contributed by atoms with E-state index in [2.05, 4.69) is 19.9 Å². The van der Waals surface area contributed by atoms with Gasteiger partial charge in [-0.1, -0.05) is 6.07 Å². The number of aryl methyl sites for hydroxylation is 1. The average Bonchev–Trinajstić information content (AvgIpc) is 2.63. The van der Waals surface area contributed by atoms with Crippen LogP contribution in [0.25, 0.3) is 0 Å². The lowest BCUT2D eigenvalue weighted by Crippen LogP contribution is -2.51. The largest absolute Gasteiger partial charge is 0.369 e. The van der Waals surface area contributed by atoms with E-state index in [9.17, 15) is 4.79 Å². The Hall–Kier alpha value is -2.50. The van der Waals surface area contributed by atoms with Gasteiger partial charge in [-0.2, -0.15) is 0 Å². The molecule has 0 aliphatic carbocycles. The monoisotopic (exact) mass is 325 g/mol. The molecule has 2 aromatic heterocycles. The highest BCUT2D eigenvalue weighted by molar-refractivity contribution is 5.81. The van der Waals surface area contributed by atoms with E-state index in [1.165, 1.54) is 0 Å². The SMILES string of the molecule is NC(=O)[C@]1(CCCc2ccccn2)CCCN(c2ncccn2)C1. The van der Waals surface area contributed by atoms with Crippen molar-refractivity contribution in [2.75, 3.05) is 18.0 Å². The molecule has 0 radical (unpaired) electrons. The number of nitrogens with zero attached hydrogens (tertiary/aromatic N) is 4. The van der Waals surface area contributed by atoms with Crippen LogP contribution in [-0.2, 0) is 11.2 Å². The normalized spacial score (nSPS) is 20.8. The maximum Gasteiger partial charge on any atom is 0.225 e. The molecular weight excluding hydrogens is 302 g/mol. The molecule has 2 aromatic rings. The number of nitrogens with two attached hydrogens (primary N) is 1. The van der Waals surface area contributed by atoms with Gasteiger partial charge in [0.2, 0.25) is 11.9 Å². The van der Waals surface area contributed by atoms with Crippen LogP contribution in [-0.4, -0.2) is 33.9 Å². The molecule has 1 atom stereocenters. The molecule has 3 heterocycles. The minimum absolute atomic E-state index is 0.218. The van der Waals surface area contributed by atoms with Crippen molar-refractivity contribution in [1.82, 2.24) is 15.0 Å². The number of amides is 1. The van der Waals surface area contributed by atoms with Gasteiger partial charge in [-0.05, 0) is 50.3 Å². The Bertz CT molecular complexity index is 664. The van der Waals surface area contributed by atoms with E-state index in [1.54, 1.807) is 24.7 Å². The number of hydrogen-bond acceptors (Lipinski definition) is 5. The molecule has 6 nitrogen and oxygen atoms in total. The van der Waals surface area contributed by atoms with Crippen LogP contribution in [0.3, 0.4) is 0 Å². The van der Waals surface area contributed by atoms with Crippen LogP contribution in [0.1, 0.15) is 31.4 Å².